The third-order valence-corrected chi connectivity index (χ3v) is 3.61. The quantitative estimate of drug-likeness (QED) is 0.800. The van der Waals surface area contributed by atoms with Gasteiger partial charge in [-0.2, -0.15) is 0 Å². The summed E-state index contributed by atoms with van der Waals surface area (Å²) < 4.78 is 10.4. The molecule has 0 unspecified atom stereocenters. The Balaban J connectivity index is 2.04. The average molecular weight is 290 g/mol. The molecule has 1 aliphatic heterocycles. The molecule has 1 aromatic heterocycles. The zero-order valence-corrected chi connectivity index (χ0v) is 12.7. The number of amides is 1. The standard InChI is InChI=1S/C16H22N2O3/c1-20-14-11-13(17-12-15(14)21-2)7-8-16(19)18-9-5-3-4-6-10-18/h7-8,11-12H,3-6,9-10H2,1-2H3. The first kappa shape index (κ1) is 15.4. The molecule has 5 nitrogen and oxygen atoms in total. The number of aromatic nitrogens is 1. The highest BCUT2D eigenvalue weighted by atomic mass is 16.5. The van der Waals surface area contributed by atoms with Crippen molar-refractivity contribution >= 4 is 12.0 Å². The number of nitrogens with zero attached hydrogens (tertiary/aromatic N) is 2. The Morgan fingerprint density at radius 2 is 1.81 bits per heavy atom. The van der Waals surface area contributed by atoms with E-state index in [1.807, 2.05) is 4.90 Å². The molecule has 0 atom stereocenters. The summed E-state index contributed by atoms with van der Waals surface area (Å²) in [6.07, 6.45) is 9.50. The Morgan fingerprint density at radius 3 is 2.43 bits per heavy atom. The molecule has 0 aromatic carbocycles. The Morgan fingerprint density at radius 1 is 1.14 bits per heavy atom. The molecule has 1 amide bonds. The first-order valence-corrected chi connectivity index (χ1v) is 7.29. The van der Waals surface area contributed by atoms with Gasteiger partial charge in [0.25, 0.3) is 0 Å². The number of ether oxygens (including phenoxy) is 2. The van der Waals surface area contributed by atoms with Crippen molar-refractivity contribution in [3.63, 3.8) is 0 Å². The van der Waals surface area contributed by atoms with Gasteiger partial charge in [0.15, 0.2) is 11.5 Å². The predicted octanol–water partition coefficient (Wildman–Crippen LogP) is 2.51. The molecule has 21 heavy (non-hydrogen) atoms. The minimum absolute atomic E-state index is 0.0495. The van der Waals surface area contributed by atoms with Gasteiger partial charge in [-0.1, -0.05) is 12.8 Å². The summed E-state index contributed by atoms with van der Waals surface area (Å²) >= 11 is 0. The van der Waals surface area contributed by atoms with Crippen LogP contribution in [0.3, 0.4) is 0 Å². The van der Waals surface area contributed by atoms with Gasteiger partial charge in [-0.05, 0) is 18.9 Å². The van der Waals surface area contributed by atoms with Gasteiger partial charge in [0, 0.05) is 25.2 Å². The van der Waals surface area contributed by atoms with Crippen molar-refractivity contribution in [1.82, 2.24) is 9.88 Å². The van der Waals surface area contributed by atoms with Crippen molar-refractivity contribution in [1.29, 1.82) is 0 Å². The first-order chi connectivity index (χ1) is 10.2. The highest BCUT2D eigenvalue weighted by Crippen LogP contribution is 2.26. The summed E-state index contributed by atoms with van der Waals surface area (Å²) in [5.74, 6) is 1.23. The molecular formula is C16H22N2O3. The normalized spacial score (nSPS) is 15.8. The molecule has 0 saturated carbocycles. The van der Waals surface area contributed by atoms with E-state index >= 15 is 0 Å². The summed E-state index contributed by atoms with van der Waals surface area (Å²) in [5, 5.41) is 0. The van der Waals surface area contributed by atoms with Gasteiger partial charge in [0.1, 0.15) is 0 Å². The van der Waals surface area contributed by atoms with Crippen LogP contribution in [0.15, 0.2) is 18.3 Å². The topological polar surface area (TPSA) is 51.7 Å². The lowest BCUT2D eigenvalue weighted by molar-refractivity contribution is -0.125. The van der Waals surface area contributed by atoms with E-state index in [0.717, 1.165) is 25.9 Å². The highest BCUT2D eigenvalue weighted by Gasteiger charge is 2.13. The van der Waals surface area contributed by atoms with Crippen LogP contribution in [-0.4, -0.2) is 43.1 Å². The molecule has 1 fully saturated rings. The Bertz CT molecular complexity index is 506. The fourth-order valence-corrected chi connectivity index (χ4v) is 2.40. The maximum atomic E-state index is 12.2. The van der Waals surface area contributed by atoms with Gasteiger partial charge in [-0.3, -0.25) is 9.78 Å². The minimum Gasteiger partial charge on any atom is -0.493 e. The monoisotopic (exact) mass is 290 g/mol. The lowest BCUT2D eigenvalue weighted by atomic mass is 10.2. The molecule has 114 valence electrons. The SMILES string of the molecule is COc1cnc(C=CC(=O)N2CCCCCC2)cc1OC. The van der Waals surface area contributed by atoms with E-state index in [1.165, 1.54) is 12.8 Å². The number of methoxy groups -OCH3 is 2. The van der Waals surface area contributed by atoms with Crippen LogP contribution in [0.2, 0.25) is 0 Å². The molecule has 1 aromatic rings. The summed E-state index contributed by atoms with van der Waals surface area (Å²) in [4.78, 5) is 18.3. The Labute approximate surface area is 125 Å². The lowest BCUT2D eigenvalue weighted by Gasteiger charge is -2.17. The van der Waals surface area contributed by atoms with E-state index in [0.29, 0.717) is 17.2 Å². The number of pyridine rings is 1. The van der Waals surface area contributed by atoms with Gasteiger partial charge >= 0.3 is 0 Å². The van der Waals surface area contributed by atoms with Gasteiger partial charge in [-0.15, -0.1) is 0 Å². The summed E-state index contributed by atoms with van der Waals surface area (Å²) in [6, 6.07) is 1.75. The molecule has 1 aliphatic rings. The van der Waals surface area contributed by atoms with Crippen LogP contribution in [0, 0.1) is 0 Å². The van der Waals surface area contributed by atoms with Crippen LogP contribution >= 0.6 is 0 Å². The molecule has 1 saturated heterocycles. The molecule has 2 rings (SSSR count). The van der Waals surface area contributed by atoms with E-state index in [1.54, 1.807) is 38.6 Å². The van der Waals surface area contributed by atoms with E-state index in [9.17, 15) is 4.79 Å². The van der Waals surface area contributed by atoms with Gasteiger partial charge in [0.05, 0.1) is 26.1 Å². The van der Waals surface area contributed by atoms with Crippen molar-refractivity contribution in [3.05, 3.63) is 24.0 Å². The summed E-state index contributed by atoms with van der Waals surface area (Å²) in [7, 11) is 3.14. The molecule has 0 aliphatic carbocycles. The van der Waals surface area contributed by atoms with Gasteiger partial charge in [-0.25, -0.2) is 0 Å². The van der Waals surface area contributed by atoms with Crippen LogP contribution in [0.5, 0.6) is 11.5 Å². The summed E-state index contributed by atoms with van der Waals surface area (Å²) in [6.45, 7) is 1.70. The minimum atomic E-state index is 0.0495. The van der Waals surface area contributed by atoms with Crippen molar-refractivity contribution in [2.75, 3.05) is 27.3 Å². The van der Waals surface area contributed by atoms with Gasteiger partial charge < -0.3 is 14.4 Å². The number of carbonyl (C=O) groups excluding carboxylic acids is 1. The van der Waals surface area contributed by atoms with Gasteiger partial charge in [0.2, 0.25) is 5.91 Å². The highest BCUT2D eigenvalue weighted by molar-refractivity contribution is 5.91. The van der Waals surface area contributed by atoms with Crippen LogP contribution in [0.1, 0.15) is 31.4 Å². The number of likely N-dealkylation sites (tertiary alicyclic amines) is 1. The molecule has 2 heterocycles. The molecule has 0 bridgehead atoms. The molecular weight excluding hydrogens is 268 g/mol. The van der Waals surface area contributed by atoms with E-state index < -0.39 is 0 Å². The predicted molar refractivity (Wildman–Crippen MR) is 81.4 cm³/mol. The Kier molecular flexibility index (Phi) is 5.60. The van der Waals surface area contributed by atoms with Crippen LogP contribution < -0.4 is 9.47 Å². The second-order valence-corrected chi connectivity index (χ2v) is 5.04. The first-order valence-electron chi connectivity index (χ1n) is 7.29. The Hall–Kier alpha value is -2.04. The zero-order chi connectivity index (χ0) is 15.1. The number of hydrogen-bond donors (Lipinski definition) is 0. The fourth-order valence-electron chi connectivity index (χ4n) is 2.40. The van der Waals surface area contributed by atoms with Crippen molar-refractivity contribution < 1.29 is 14.3 Å². The number of rotatable bonds is 4. The zero-order valence-electron chi connectivity index (χ0n) is 12.7. The van der Waals surface area contributed by atoms with Crippen LogP contribution in [0.25, 0.3) is 6.08 Å². The van der Waals surface area contributed by atoms with Crippen molar-refractivity contribution in [2.24, 2.45) is 0 Å². The van der Waals surface area contributed by atoms with Crippen molar-refractivity contribution in [2.45, 2.75) is 25.7 Å². The third-order valence-electron chi connectivity index (χ3n) is 3.61. The second kappa shape index (κ2) is 7.67. The maximum Gasteiger partial charge on any atom is 0.246 e. The average Bonchev–Trinajstić information content (AvgIpc) is 2.81. The largest absolute Gasteiger partial charge is 0.493 e. The molecule has 5 heteroatoms. The van der Waals surface area contributed by atoms with Crippen LogP contribution in [0.4, 0.5) is 0 Å². The fraction of sp³-hybridized carbons (Fsp3) is 0.500. The van der Waals surface area contributed by atoms with E-state index in [4.69, 9.17) is 9.47 Å². The smallest absolute Gasteiger partial charge is 0.246 e. The van der Waals surface area contributed by atoms with Crippen molar-refractivity contribution in [3.8, 4) is 11.5 Å². The van der Waals surface area contributed by atoms with E-state index in [-0.39, 0.29) is 5.91 Å². The molecule has 0 spiro atoms. The van der Waals surface area contributed by atoms with E-state index in [2.05, 4.69) is 4.98 Å². The summed E-state index contributed by atoms with van der Waals surface area (Å²) in [5.41, 5.74) is 0.677. The second-order valence-electron chi connectivity index (χ2n) is 5.04. The third kappa shape index (κ3) is 4.21. The molecule has 0 N–H and O–H groups in total. The maximum absolute atomic E-state index is 12.2. The number of hydrogen-bond acceptors (Lipinski definition) is 4. The molecule has 0 radical (unpaired) electrons. The lowest BCUT2D eigenvalue weighted by Crippen LogP contribution is -2.30. The number of carbonyl (C=O) groups is 1. The van der Waals surface area contributed by atoms with Crippen LogP contribution in [-0.2, 0) is 4.79 Å².